The normalized spacial score (nSPS) is 16.0. The number of nitrogens with one attached hydrogen (secondary N) is 2. The molecule has 2 amide bonds. The van der Waals surface area contributed by atoms with Crippen LogP contribution < -0.4 is 20.1 Å². The lowest BCUT2D eigenvalue weighted by Crippen LogP contribution is -2.34. The van der Waals surface area contributed by atoms with Gasteiger partial charge in [-0.3, -0.25) is 9.59 Å². The molecule has 0 spiro atoms. The minimum atomic E-state index is -0.526. The lowest BCUT2D eigenvalue weighted by Gasteiger charge is -2.13. The maximum Gasteiger partial charge on any atom is 0.231 e. The van der Waals surface area contributed by atoms with Gasteiger partial charge in [-0.1, -0.05) is 30.3 Å². The highest BCUT2D eigenvalue weighted by Gasteiger charge is 2.26. The van der Waals surface area contributed by atoms with E-state index in [0.717, 1.165) is 5.75 Å². The molecule has 2 aromatic carbocycles. The number of carbonyl (C=O) groups is 2. The second kappa shape index (κ2) is 8.19. The van der Waals surface area contributed by atoms with Gasteiger partial charge >= 0.3 is 0 Å². The quantitative estimate of drug-likeness (QED) is 0.791. The first-order valence-electron chi connectivity index (χ1n) is 8.19. The van der Waals surface area contributed by atoms with E-state index in [9.17, 15) is 9.59 Å². The lowest BCUT2D eigenvalue weighted by molar-refractivity contribution is -0.128. The van der Waals surface area contributed by atoms with Crippen LogP contribution in [0.4, 0.5) is 5.69 Å². The molecule has 0 aromatic heterocycles. The lowest BCUT2D eigenvalue weighted by atomic mass is 10.1. The molecule has 25 heavy (non-hydrogen) atoms. The Hall–Kier alpha value is -3.02. The van der Waals surface area contributed by atoms with Crippen LogP contribution in [-0.2, 0) is 9.59 Å². The van der Waals surface area contributed by atoms with E-state index in [1.54, 1.807) is 12.1 Å². The molecule has 1 unspecified atom stereocenters. The van der Waals surface area contributed by atoms with Gasteiger partial charge in [-0.2, -0.15) is 0 Å². The van der Waals surface area contributed by atoms with Gasteiger partial charge in [-0.25, -0.2) is 0 Å². The average Bonchev–Trinajstić information content (AvgIpc) is 2.79. The molecule has 3 rings (SSSR count). The summed E-state index contributed by atoms with van der Waals surface area (Å²) in [6.07, 6.45) is 0.0746. The number of ether oxygens (including phenoxy) is 2. The second-order valence-corrected chi connectivity index (χ2v) is 5.71. The smallest absolute Gasteiger partial charge is 0.231 e. The topological polar surface area (TPSA) is 76.7 Å². The second-order valence-electron chi connectivity index (χ2n) is 5.71. The van der Waals surface area contributed by atoms with Gasteiger partial charge in [-0.15, -0.1) is 0 Å². The van der Waals surface area contributed by atoms with E-state index >= 15 is 0 Å². The van der Waals surface area contributed by atoms with Crippen LogP contribution in [0.25, 0.3) is 0 Å². The van der Waals surface area contributed by atoms with Crippen LogP contribution in [0.5, 0.6) is 11.5 Å². The van der Waals surface area contributed by atoms with Crippen LogP contribution in [0.2, 0.25) is 0 Å². The molecular formula is C19H20N2O4. The number of anilines is 1. The van der Waals surface area contributed by atoms with Crippen molar-refractivity contribution in [3.63, 3.8) is 0 Å². The summed E-state index contributed by atoms with van der Waals surface area (Å²) in [7, 11) is 0. The average molecular weight is 340 g/mol. The van der Waals surface area contributed by atoms with Crippen molar-refractivity contribution in [2.45, 2.75) is 6.42 Å². The molecule has 0 radical (unpaired) electrons. The van der Waals surface area contributed by atoms with Gasteiger partial charge in [0.15, 0.2) is 0 Å². The number of fused-ring (bicyclic) bond motifs is 1. The molecule has 0 saturated carbocycles. The zero-order chi connectivity index (χ0) is 17.5. The summed E-state index contributed by atoms with van der Waals surface area (Å²) < 4.78 is 11.1. The molecule has 2 N–H and O–H groups in total. The summed E-state index contributed by atoms with van der Waals surface area (Å²) in [5.41, 5.74) is 0.631. The minimum absolute atomic E-state index is 0.0746. The molecule has 0 saturated heterocycles. The Kier molecular flexibility index (Phi) is 5.51. The summed E-state index contributed by atoms with van der Waals surface area (Å²) in [6.45, 7) is 0.925. The summed E-state index contributed by atoms with van der Waals surface area (Å²) in [4.78, 5) is 24.3. The van der Waals surface area contributed by atoms with Gasteiger partial charge in [0, 0.05) is 6.42 Å². The predicted octanol–water partition coefficient (Wildman–Crippen LogP) is 2.22. The SMILES string of the molecule is O=C(CC1COc2ccccc2NC1=O)NCCOc1ccccc1. The molecule has 1 aliphatic rings. The highest BCUT2D eigenvalue weighted by Crippen LogP contribution is 2.28. The van der Waals surface area contributed by atoms with E-state index in [1.807, 2.05) is 42.5 Å². The van der Waals surface area contributed by atoms with Crippen molar-refractivity contribution in [2.75, 3.05) is 25.1 Å². The van der Waals surface area contributed by atoms with E-state index in [-0.39, 0.29) is 24.8 Å². The summed E-state index contributed by atoms with van der Waals surface area (Å²) in [6, 6.07) is 16.6. The number of benzene rings is 2. The number of carbonyl (C=O) groups excluding carboxylic acids is 2. The highest BCUT2D eigenvalue weighted by molar-refractivity contribution is 5.97. The first kappa shape index (κ1) is 16.8. The van der Waals surface area contributed by atoms with Gasteiger partial charge in [0.1, 0.15) is 24.7 Å². The van der Waals surface area contributed by atoms with E-state index < -0.39 is 5.92 Å². The first-order valence-corrected chi connectivity index (χ1v) is 8.19. The zero-order valence-electron chi connectivity index (χ0n) is 13.7. The third-order valence-electron chi connectivity index (χ3n) is 3.82. The molecule has 6 nitrogen and oxygen atoms in total. The van der Waals surface area contributed by atoms with Crippen LogP contribution in [0.1, 0.15) is 6.42 Å². The summed E-state index contributed by atoms with van der Waals surface area (Å²) in [5.74, 6) is 0.440. The maximum absolute atomic E-state index is 12.2. The van der Waals surface area contributed by atoms with E-state index in [0.29, 0.717) is 24.6 Å². The van der Waals surface area contributed by atoms with Crippen molar-refractivity contribution in [2.24, 2.45) is 5.92 Å². The van der Waals surface area contributed by atoms with Crippen LogP contribution >= 0.6 is 0 Å². The zero-order valence-corrected chi connectivity index (χ0v) is 13.7. The number of hydrogen-bond donors (Lipinski definition) is 2. The van der Waals surface area contributed by atoms with Crippen molar-refractivity contribution in [1.82, 2.24) is 5.32 Å². The molecule has 6 heteroatoms. The fourth-order valence-corrected chi connectivity index (χ4v) is 2.52. The number of para-hydroxylation sites is 3. The number of hydrogen-bond acceptors (Lipinski definition) is 4. The van der Waals surface area contributed by atoms with Crippen molar-refractivity contribution in [1.29, 1.82) is 0 Å². The molecule has 1 atom stereocenters. The van der Waals surface area contributed by atoms with E-state index in [1.165, 1.54) is 0 Å². The largest absolute Gasteiger partial charge is 0.492 e. The maximum atomic E-state index is 12.2. The fraction of sp³-hybridized carbons (Fsp3) is 0.263. The van der Waals surface area contributed by atoms with Crippen molar-refractivity contribution in [3.05, 3.63) is 54.6 Å². The van der Waals surface area contributed by atoms with Crippen molar-refractivity contribution < 1.29 is 19.1 Å². The van der Waals surface area contributed by atoms with Gasteiger partial charge in [0.2, 0.25) is 11.8 Å². The Labute approximate surface area is 146 Å². The third-order valence-corrected chi connectivity index (χ3v) is 3.82. The Balaban J connectivity index is 1.43. The standard InChI is InChI=1S/C19H20N2O4/c22-18(20-10-11-24-15-6-2-1-3-7-15)12-14-13-25-17-9-5-4-8-16(17)21-19(14)23/h1-9,14H,10-13H2,(H,20,22)(H,21,23). The molecule has 1 aliphatic heterocycles. The predicted molar refractivity (Wildman–Crippen MR) is 93.6 cm³/mol. The molecule has 1 heterocycles. The fourth-order valence-electron chi connectivity index (χ4n) is 2.52. The van der Waals surface area contributed by atoms with Gasteiger partial charge < -0.3 is 20.1 Å². The Bertz CT molecular complexity index is 733. The molecular weight excluding hydrogens is 320 g/mol. The molecule has 2 aromatic rings. The first-order chi connectivity index (χ1) is 12.2. The number of rotatable bonds is 6. The summed E-state index contributed by atoms with van der Waals surface area (Å²) in [5, 5.41) is 5.56. The highest BCUT2D eigenvalue weighted by atomic mass is 16.5. The van der Waals surface area contributed by atoms with Crippen LogP contribution in [0, 0.1) is 5.92 Å². The van der Waals surface area contributed by atoms with Crippen LogP contribution in [0.3, 0.4) is 0 Å². The van der Waals surface area contributed by atoms with Crippen LogP contribution in [0.15, 0.2) is 54.6 Å². The number of amides is 2. The van der Waals surface area contributed by atoms with Gasteiger partial charge in [0.25, 0.3) is 0 Å². The van der Waals surface area contributed by atoms with Gasteiger partial charge in [0.05, 0.1) is 18.2 Å². The minimum Gasteiger partial charge on any atom is -0.492 e. The Morgan fingerprint density at radius 3 is 2.76 bits per heavy atom. The molecule has 0 bridgehead atoms. The monoisotopic (exact) mass is 340 g/mol. The third kappa shape index (κ3) is 4.73. The Morgan fingerprint density at radius 1 is 1.16 bits per heavy atom. The van der Waals surface area contributed by atoms with E-state index in [2.05, 4.69) is 10.6 Å². The molecule has 0 aliphatic carbocycles. The van der Waals surface area contributed by atoms with Crippen molar-refractivity contribution in [3.8, 4) is 11.5 Å². The molecule has 0 fully saturated rings. The van der Waals surface area contributed by atoms with Crippen LogP contribution in [-0.4, -0.2) is 31.6 Å². The van der Waals surface area contributed by atoms with Crippen molar-refractivity contribution >= 4 is 17.5 Å². The van der Waals surface area contributed by atoms with Gasteiger partial charge in [-0.05, 0) is 24.3 Å². The van der Waals surface area contributed by atoms with E-state index in [4.69, 9.17) is 9.47 Å². The Morgan fingerprint density at radius 2 is 1.92 bits per heavy atom. The summed E-state index contributed by atoms with van der Waals surface area (Å²) >= 11 is 0. The molecule has 130 valence electrons.